The van der Waals surface area contributed by atoms with Crippen LogP contribution in [0.25, 0.3) is 0 Å². The summed E-state index contributed by atoms with van der Waals surface area (Å²) in [5.74, 6) is 0.278. The van der Waals surface area contributed by atoms with Gasteiger partial charge in [-0.25, -0.2) is 0 Å². The minimum absolute atomic E-state index is 0.254. The van der Waals surface area contributed by atoms with Gasteiger partial charge in [-0.2, -0.15) is 0 Å². The van der Waals surface area contributed by atoms with Gasteiger partial charge >= 0.3 is 0 Å². The van der Waals surface area contributed by atoms with E-state index in [9.17, 15) is 4.79 Å². The molecule has 0 atom stereocenters. The lowest BCUT2D eigenvalue weighted by atomic mass is 9.67. The minimum Gasteiger partial charge on any atom is -0.335 e. The maximum atomic E-state index is 12.8. The molecule has 2 fully saturated rings. The number of carbonyl (C=O) groups excluding carboxylic acids is 1. The van der Waals surface area contributed by atoms with Gasteiger partial charge in [0, 0.05) is 31.5 Å². The zero-order chi connectivity index (χ0) is 13.3. The summed E-state index contributed by atoms with van der Waals surface area (Å²) < 4.78 is 0. The van der Waals surface area contributed by atoms with E-state index in [-0.39, 0.29) is 11.3 Å². The molecule has 4 heteroatoms. The highest BCUT2D eigenvalue weighted by atomic mass is 16.2. The third kappa shape index (κ3) is 2.37. The fourth-order valence-corrected chi connectivity index (χ4v) is 2.85. The maximum Gasteiger partial charge on any atom is 0.230 e. The standard InChI is InChI=1S/C15H21N3O/c16-11-15(6-1-7-15)14(19)18(13-2-3-13)10-12-4-8-17-9-5-12/h4-5,8-9,13H,1-3,6-7,10-11,16H2. The summed E-state index contributed by atoms with van der Waals surface area (Å²) in [5, 5.41) is 0. The van der Waals surface area contributed by atoms with Crippen LogP contribution in [0, 0.1) is 5.41 Å². The first kappa shape index (κ1) is 12.6. The molecular formula is C15H21N3O. The molecule has 0 radical (unpaired) electrons. The van der Waals surface area contributed by atoms with Crippen LogP contribution in [-0.2, 0) is 11.3 Å². The molecule has 1 amide bonds. The van der Waals surface area contributed by atoms with Crippen molar-refractivity contribution in [2.75, 3.05) is 6.54 Å². The van der Waals surface area contributed by atoms with Crippen LogP contribution in [-0.4, -0.2) is 28.4 Å². The Kier molecular flexibility index (Phi) is 3.27. The van der Waals surface area contributed by atoms with Crippen LogP contribution in [0.3, 0.4) is 0 Å². The molecule has 2 N–H and O–H groups in total. The Labute approximate surface area is 114 Å². The quantitative estimate of drug-likeness (QED) is 0.875. The first-order valence-electron chi connectivity index (χ1n) is 7.15. The Morgan fingerprint density at radius 1 is 1.37 bits per heavy atom. The number of nitrogens with zero attached hydrogens (tertiary/aromatic N) is 2. The fraction of sp³-hybridized carbons (Fsp3) is 0.600. The molecule has 1 heterocycles. The molecule has 0 spiro atoms. The first-order valence-corrected chi connectivity index (χ1v) is 7.15. The smallest absolute Gasteiger partial charge is 0.230 e. The van der Waals surface area contributed by atoms with Crippen LogP contribution in [0.2, 0.25) is 0 Å². The van der Waals surface area contributed by atoms with Crippen LogP contribution >= 0.6 is 0 Å². The zero-order valence-corrected chi connectivity index (χ0v) is 11.2. The lowest BCUT2D eigenvalue weighted by Crippen LogP contribution is -2.52. The largest absolute Gasteiger partial charge is 0.335 e. The molecule has 0 saturated heterocycles. The molecule has 4 nitrogen and oxygen atoms in total. The average molecular weight is 259 g/mol. The van der Waals surface area contributed by atoms with Gasteiger partial charge < -0.3 is 10.6 Å². The van der Waals surface area contributed by atoms with E-state index in [2.05, 4.69) is 9.88 Å². The summed E-state index contributed by atoms with van der Waals surface area (Å²) in [4.78, 5) is 18.9. The van der Waals surface area contributed by atoms with Gasteiger partial charge in [0.2, 0.25) is 5.91 Å². The van der Waals surface area contributed by atoms with Gasteiger partial charge in [-0.3, -0.25) is 9.78 Å². The fourth-order valence-electron chi connectivity index (χ4n) is 2.85. The first-order chi connectivity index (χ1) is 9.25. The monoisotopic (exact) mass is 259 g/mol. The molecule has 19 heavy (non-hydrogen) atoms. The Morgan fingerprint density at radius 2 is 2.05 bits per heavy atom. The Morgan fingerprint density at radius 3 is 2.53 bits per heavy atom. The number of carbonyl (C=O) groups is 1. The number of hydrogen-bond donors (Lipinski definition) is 1. The lowest BCUT2D eigenvalue weighted by molar-refractivity contribution is -0.148. The molecule has 102 valence electrons. The number of nitrogens with two attached hydrogens (primary N) is 1. The molecule has 3 rings (SSSR count). The van der Waals surface area contributed by atoms with Crippen molar-refractivity contribution >= 4 is 5.91 Å². The van der Waals surface area contributed by atoms with E-state index in [1.165, 1.54) is 0 Å². The van der Waals surface area contributed by atoms with E-state index in [0.29, 0.717) is 19.1 Å². The van der Waals surface area contributed by atoms with Crippen molar-refractivity contribution in [2.24, 2.45) is 11.1 Å². The van der Waals surface area contributed by atoms with Gasteiger partial charge in [0.25, 0.3) is 0 Å². The van der Waals surface area contributed by atoms with Gasteiger partial charge in [-0.1, -0.05) is 6.42 Å². The van der Waals surface area contributed by atoms with Crippen molar-refractivity contribution < 1.29 is 4.79 Å². The van der Waals surface area contributed by atoms with E-state index in [1.807, 2.05) is 12.1 Å². The number of amides is 1. The van der Waals surface area contributed by atoms with Crippen molar-refractivity contribution in [2.45, 2.75) is 44.7 Å². The number of hydrogen-bond acceptors (Lipinski definition) is 3. The van der Waals surface area contributed by atoms with Gasteiger partial charge in [-0.15, -0.1) is 0 Å². The second-order valence-electron chi connectivity index (χ2n) is 5.86. The second-order valence-corrected chi connectivity index (χ2v) is 5.86. The minimum atomic E-state index is -0.254. The third-order valence-corrected chi connectivity index (χ3v) is 4.51. The summed E-state index contributed by atoms with van der Waals surface area (Å²) in [5.41, 5.74) is 6.76. The summed E-state index contributed by atoms with van der Waals surface area (Å²) in [7, 11) is 0. The normalized spacial score (nSPS) is 20.7. The highest BCUT2D eigenvalue weighted by Gasteiger charge is 2.47. The molecule has 0 unspecified atom stereocenters. The topological polar surface area (TPSA) is 59.2 Å². The molecule has 2 aliphatic carbocycles. The van der Waals surface area contributed by atoms with Crippen molar-refractivity contribution in [3.05, 3.63) is 30.1 Å². The summed E-state index contributed by atoms with van der Waals surface area (Å²) in [6.45, 7) is 1.19. The number of pyridine rings is 1. The van der Waals surface area contributed by atoms with Crippen LogP contribution in [0.5, 0.6) is 0 Å². The molecule has 1 aromatic rings. The number of rotatable bonds is 5. The van der Waals surface area contributed by atoms with E-state index in [1.54, 1.807) is 12.4 Å². The van der Waals surface area contributed by atoms with Crippen LogP contribution in [0.15, 0.2) is 24.5 Å². The maximum absolute atomic E-state index is 12.8. The molecule has 2 aliphatic rings. The Hall–Kier alpha value is -1.42. The molecule has 0 aliphatic heterocycles. The SMILES string of the molecule is NCC1(C(=O)N(Cc2ccncc2)C2CC2)CCC1. The highest BCUT2D eigenvalue weighted by Crippen LogP contribution is 2.44. The lowest BCUT2D eigenvalue weighted by Gasteiger charge is -2.43. The van der Waals surface area contributed by atoms with Gasteiger partial charge in [-0.05, 0) is 43.4 Å². The average Bonchev–Trinajstić information content (AvgIpc) is 3.21. The predicted octanol–water partition coefficient (Wildman–Crippen LogP) is 1.70. The van der Waals surface area contributed by atoms with Crippen molar-refractivity contribution in [1.82, 2.24) is 9.88 Å². The Balaban J connectivity index is 1.76. The highest BCUT2D eigenvalue weighted by molar-refractivity contribution is 5.84. The summed E-state index contributed by atoms with van der Waals surface area (Å²) in [6.07, 6.45) is 8.90. The van der Waals surface area contributed by atoms with Crippen LogP contribution < -0.4 is 5.73 Å². The summed E-state index contributed by atoms with van der Waals surface area (Å²) in [6, 6.07) is 4.40. The molecular weight excluding hydrogens is 238 g/mol. The number of aromatic nitrogens is 1. The summed E-state index contributed by atoms with van der Waals surface area (Å²) >= 11 is 0. The van der Waals surface area contributed by atoms with Crippen molar-refractivity contribution in [3.8, 4) is 0 Å². The predicted molar refractivity (Wildman–Crippen MR) is 73.1 cm³/mol. The second kappa shape index (κ2) is 4.93. The van der Waals surface area contributed by atoms with Crippen LogP contribution in [0.1, 0.15) is 37.7 Å². The van der Waals surface area contributed by atoms with E-state index >= 15 is 0 Å². The third-order valence-electron chi connectivity index (χ3n) is 4.51. The van der Waals surface area contributed by atoms with Gasteiger partial charge in [0.1, 0.15) is 0 Å². The van der Waals surface area contributed by atoms with E-state index in [4.69, 9.17) is 5.73 Å². The molecule has 0 aromatic carbocycles. The van der Waals surface area contributed by atoms with Gasteiger partial charge in [0.05, 0.1) is 5.41 Å². The van der Waals surface area contributed by atoms with Crippen molar-refractivity contribution in [1.29, 1.82) is 0 Å². The molecule has 1 aromatic heterocycles. The molecule has 2 saturated carbocycles. The van der Waals surface area contributed by atoms with E-state index in [0.717, 1.165) is 37.7 Å². The zero-order valence-electron chi connectivity index (χ0n) is 11.2. The van der Waals surface area contributed by atoms with E-state index < -0.39 is 0 Å². The molecule has 0 bridgehead atoms. The Bertz CT molecular complexity index is 446. The van der Waals surface area contributed by atoms with Gasteiger partial charge in [0.15, 0.2) is 0 Å². The van der Waals surface area contributed by atoms with Crippen LogP contribution in [0.4, 0.5) is 0 Å². The van der Waals surface area contributed by atoms with Crippen molar-refractivity contribution in [3.63, 3.8) is 0 Å².